The highest BCUT2D eigenvalue weighted by Gasteiger charge is 2.08. The third-order valence-corrected chi connectivity index (χ3v) is 2.67. The maximum atomic E-state index is 12.0. The van der Waals surface area contributed by atoms with E-state index >= 15 is 0 Å². The molecule has 86 valence electrons. The Morgan fingerprint density at radius 1 is 1.06 bits per heavy atom. The molecule has 0 atom stereocenters. The van der Waals surface area contributed by atoms with Gasteiger partial charge in [0.1, 0.15) is 0 Å². The average Bonchev–Trinajstić information content (AvgIpc) is 2.39. The van der Waals surface area contributed by atoms with Crippen molar-refractivity contribution in [2.75, 3.05) is 0 Å². The molecule has 2 rings (SSSR count). The molecule has 1 aromatic heterocycles. The van der Waals surface area contributed by atoms with Crippen LogP contribution in [0.25, 0.3) is 0 Å². The van der Waals surface area contributed by atoms with Crippen molar-refractivity contribution in [1.29, 1.82) is 0 Å². The van der Waals surface area contributed by atoms with Gasteiger partial charge in [-0.2, -0.15) is 0 Å². The maximum Gasteiger partial charge on any atom is 0.247 e. The molecule has 1 N–H and O–H groups in total. The molecule has 0 amide bonds. The zero-order valence-electron chi connectivity index (χ0n) is 9.57. The van der Waals surface area contributed by atoms with Gasteiger partial charge in [-0.05, 0) is 18.1 Å². The molecule has 0 saturated carbocycles. The fourth-order valence-electron chi connectivity index (χ4n) is 1.61. The van der Waals surface area contributed by atoms with E-state index in [1.54, 1.807) is 0 Å². The van der Waals surface area contributed by atoms with Crippen molar-refractivity contribution in [2.45, 2.75) is 13.3 Å². The summed E-state index contributed by atoms with van der Waals surface area (Å²) in [6, 6.07) is 10.4. The van der Waals surface area contributed by atoms with E-state index in [4.69, 9.17) is 0 Å². The number of hydrogen-bond donors (Lipinski definition) is 1. The second-order valence-corrected chi connectivity index (χ2v) is 3.82. The van der Waals surface area contributed by atoms with E-state index in [2.05, 4.69) is 11.9 Å². The van der Waals surface area contributed by atoms with Crippen LogP contribution in [0.4, 0.5) is 0 Å². The largest absolute Gasteiger partial charge is 0.328 e. The summed E-state index contributed by atoms with van der Waals surface area (Å²) < 4.78 is 0. The van der Waals surface area contributed by atoms with Crippen molar-refractivity contribution in [3.63, 3.8) is 0 Å². The lowest BCUT2D eigenvalue weighted by Crippen LogP contribution is -2.07. The first-order chi connectivity index (χ1) is 8.20. The molecule has 3 heteroatoms. The van der Waals surface area contributed by atoms with Gasteiger partial charge in [-0.3, -0.25) is 9.59 Å². The number of aromatic nitrogens is 1. The molecule has 0 bridgehead atoms. The first kappa shape index (κ1) is 11.3. The van der Waals surface area contributed by atoms with E-state index in [-0.39, 0.29) is 11.3 Å². The van der Waals surface area contributed by atoms with Crippen LogP contribution in [0.3, 0.4) is 0 Å². The van der Waals surface area contributed by atoms with Gasteiger partial charge in [-0.25, -0.2) is 0 Å². The van der Waals surface area contributed by atoms with Crippen LogP contribution < -0.4 is 5.56 Å². The van der Waals surface area contributed by atoms with Gasteiger partial charge in [0, 0.05) is 23.4 Å². The fourth-order valence-corrected chi connectivity index (χ4v) is 1.61. The Labute approximate surface area is 99.1 Å². The van der Waals surface area contributed by atoms with Gasteiger partial charge in [0.15, 0.2) is 5.78 Å². The first-order valence-electron chi connectivity index (χ1n) is 5.53. The number of carbonyl (C=O) groups is 1. The molecule has 1 aromatic carbocycles. The highest BCUT2D eigenvalue weighted by molar-refractivity contribution is 6.08. The molecular formula is C14H13NO2. The zero-order chi connectivity index (χ0) is 12.3. The number of aryl methyl sites for hydroxylation is 1. The van der Waals surface area contributed by atoms with Gasteiger partial charge in [0.25, 0.3) is 0 Å². The number of carbonyl (C=O) groups excluding carboxylic acids is 1. The van der Waals surface area contributed by atoms with Crippen LogP contribution in [0.5, 0.6) is 0 Å². The van der Waals surface area contributed by atoms with Crippen molar-refractivity contribution in [3.8, 4) is 0 Å². The van der Waals surface area contributed by atoms with Crippen LogP contribution in [0.1, 0.15) is 28.4 Å². The van der Waals surface area contributed by atoms with Gasteiger partial charge in [-0.15, -0.1) is 0 Å². The third-order valence-electron chi connectivity index (χ3n) is 2.67. The zero-order valence-corrected chi connectivity index (χ0v) is 9.57. The monoisotopic (exact) mass is 227 g/mol. The number of pyridine rings is 1. The number of rotatable bonds is 3. The Morgan fingerprint density at radius 2 is 1.71 bits per heavy atom. The Kier molecular flexibility index (Phi) is 3.19. The summed E-state index contributed by atoms with van der Waals surface area (Å²) in [7, 11) is 0. The fraction of sp³-hybridized carbons (Fsp3) is 0.143. The molecule has 0 saturated heterocycles. The molecule has 0 fully saturated rings. The van der Waals surface area contributed by atoms with Gasteiger partial charge in [-0.1, -0.05) is 31.2 Å². The summed E-state index contributed by atoms with van der Waals surface area (Å²) in [4.78, 5) is 25.4. The molecular weight excluding hydrogens is 214 g/mol. The second-order valence-electron chi connectivity index (χ2n) is 3.82. The number of aromatic amines is 1. The standard InChI is InChI=1S/C14H13NO2/c1-2-10-3-5-11(6-4-10)14(17)12-7-8-13(16)15-9-12/h3-9H,2H2,1H3,(H,15,16). The van der Waals surface area contributed by atoms with Gasteiger partial charge < -0.3 is 4.98 Å². The lowest BCUT2D eigenvalue weighted by atomic mass is 10.0. The minimum Gasteiger partial charge on any atom is -0.328 e. The number of hydrogen-bond acceptors (Lipinski definition) is 2. The SMILES string of the molecule is CCc1ccc(C(=O)c2ccc(=O)[nH]c2)cc1. The Morgan fingerprint density at radius 3 is 2.24 bits per heavy atom. The topological polar surface area (TPSA) is 49.9 Å². The quantitative estimate of drug-likeness (QED) is 0.817. The lowest BCUT2D eigenvalue weighted by molar-refractivity contribution is 0.103. The number of H-pyrrole nitrogens is 1. The van der Waals surface area contributed by atoms with Crippen molar-refractivity contribution >= 4 is 5.78 Å². The molecule has 1 heterocycles. The lowest BCUT2D eigenvalue weighted by Gasteiger charge is -2.02. The summed E-state index contributed by atoms with van der Waals surface area (Å²) in [6.07, 6.45) is 2.39. The van der Waals surface area contributed by atoms with Gasteiger partial charge >= 0.3 is 0 Å². The van der Waals surface area contributed by atoms with Crippen LogP contribution >= 0.6 is 0 Å². The van der Waals surface area contributed by atoms with Gasteiger partial charge in [0.2, 0.25) is 5.56 Å². The van der Waals surface area contributed by atoms with Crippen molar-refractivity contribution in [3.05, 3.63) is 69.6 Å². The highest BCUT2D eigenvalue weighted by Crippen LogP contribution is 2.10. The normalized spacial score (nSPS) is 10.2. The molecule has 2 aromatic rings. The number of ketones is 1. The highest BCUT2D eigenvalue weighted by atomic mass is 16.1. The Bertz CT molecular complexity index is 561. The summed E-state index contributed by atoms with van der Waals surface area (Å²) in [6.45, 7) is 2.07. The molecule has 0 aliphatic carbocycles. The number of nitrogens with one attached hydrogen (secondary N) is 1. The van der Waals surface area contributed by atoms with E-state index in [9.17, 15) is 9.59 Å². The van der Waals surface area contributed by atoms with E-state index in [1.165, 1.54) is 23.9 Å². The molecule has 0 unspecified atom stereocenters. The van der Waals surface area contributed by atoms with E-state index in [0.29, 0.717) is 11.1 Å². The van der Waals surface area contributed by atoms with E-state index in [1.807, 2.05) is 24.3 Å². The van der Waals surface area contributed by atoms with Crippen LogP contribution in [-0.4, -0.2) is 10.8 Å². The van der Waals surface area contributed by atoms with Crippen molar-refractivity contribution in [2.24, 2.45) is 0 Å². The Balaban J connectivity index is 2.30. The summed E-state index contributed by atoms with van der Waals surface area (Å²) in [5, 5.41) is 0. The average molecular weight is 227 g/mol. The summed E-state index contributed by atoms with van der Waals surface area (Å²) >= 11 is 0. The Hall–Kier alpha value is -2.16. The molecule has 0 aliphatic heterocycles. The molecule has 0 spiro atoms. The number of benzene rings is 1. The van der Waals surface area contributed by atoms with E-state index in [0.717, 1.165) is 6.42 Å². The van der Waals surface area contributed by atoms with E-state index < -0.39 is 0 Å². The maximum absolute atomic E-state index is 12.0. The summed E-state index contributed by atoms with van der Waals surface area (Å²) in [5.74, 6) is -0.0797. The minimum absolute atomic E-state index is 0.0797. The predicted molar refractivity (Wildman–Crippen MR) is 66.3 cm³/mol. The van der Waals surface area contributed by atoms with Gasteiger partial charge in [0.05, 0.1) is 0 Å². The molecule has 0 aliphatic rings. The van der Waals surface area contributed by atoms with Crippen LogP contribution in [-0.2, 0) is 6.42 Å². The summed E-state index contributed by atoms with van der Waals surface area (Å²) in [5.41, 5.74) is 2.12. The minimum atomic E-state index is -0.206. The second kappa shape index (κ2) is 4.78. The molecule has 0 radical (unpaired) electrons. The van der Waals surface area contributed by atoms with Crippen molar-refractivity contribution < 1.29 is 4.79 Å². The predicted octanol–water partition coefficient (Wildman–Crippen LogP) is 2.17. The first-order valence-corrected chi connectivity index (χ1v) is 5.53. The van der Waals surface area contributed by atoms with Crippen LogP contribution in [0, 0.1) is 0 Å². The van der Waals surface area contributed by atoms with Crippen molar-refractivity contribution in [1.82, 2.24) is 4.98 Å². The van der Waals surface area contributed by atoms with Crippen LogP contribution in [0.15, 0.2) is 47.4 Å². The smallest absolute Gasteiger partial charge is 0.247 e. The molecule has 3 nitrogen and oxygen atoms in total. The molecule has 17 heavy (non-hydrogen) atoms. The third kappa shape index (κ3) is 2.50. The van der Waals surface area contributed by atoms with Crippen LogP contribution in [0.2, 0.25) is 0 Å².